The number of ether oxygens (including phenoxy) is 2. The highest BCUT2D eigenvalue weighted by atomic mass is 16.5. The monoisotopic (exact) mass is 476 g/mol. The molecule has 1 fully saturated rings. The minimum absolute atomic E-state index is 0.0418. The minimum atomic E-state index is -0.111. The quantitative estimate of drug-likeness (QED) is 0.390. The zero-order valence-corrected chi connectivity index (χ0v) is 20.5. The molecule has 35 heavy (non-hydrogen) atoms. The Kier molecular flexibility index (Phi) is 6.79. The summed E-state index contributed by atoms with van der Waals surface area (Å²) < 4.78 is 15.8. The highest BCUT2D eigenvalue weighted by Gasteiger charge is 2.23. The number of hydrogen-bond donors (Lipinski definition) is 1. The van der Waals surface area contributed by atoms with Gasteiger partial charge in [0.15, 0.2) is 12.1 Å². The predicted octanol–water partition coefficient (Wildman–Crippen LogP) is 4.79. The van der Waals surface area contributed by atoms with Gasteiger partial charge in [0.1, 0.15) is 17.1 Å². The first-order valence-electron chi connectivity index (χ1n) is 12.4. The molecule has 1 N–H and O–H groups in total. The van der Waals surface area contributed by atoms with E-state index in [4.69, 9.17) is 19.6 Å². The molecule has 0 saturated carbocycles. The van der Waals surface area contributed by atoms with Gasteiger partial charge >= 0.3 is 0 Å². The molecule has 3 aromatic heterocycles. The standard InChI is InChI=1S/C26H32N6O3/c1-4-18(16-33)31-13-11-22(29-31)21-10-12-27-26(28-21)25-20-15-19(35-17(2)3)8-9-23(20)32(30-25)24-7-5-6-14-34-24/h8-13,15,17-18,24,33H,4-7,14,16H2,1-3H3. The second-order valence-electron chi connectivity index (χ2n) is 9.15. The molecule has 2 atom stereocenters. The summed E-state index contributed by atoms with van der Waals surface area (Å²) >= 11 is 0. The first-order chi connectivity index (χ1) is 17.1. The number of aromatic nitrogens is 6. The molecular weight excluding hydrogens is 444 g/mol. The Balaban J connectivity index is 1.58. The Morgan fingerprint density at radius 1 is 1.14 bits per heavy atom. The summed E-state index contributed by atoms with van der Waals surface area (Å²) in [5.41, 5.74) is 3.08. The third-order valence-electron chi connectivity index (χ3n) is 6.27. The molecule has 1 aromatic carbocycles. The van der Waals surface area contributed by atoms with Crippen LogP contribution in [-0.4, -0.2) is 54.0 Å². The lowest BCUT2D eigenvalue weighted by Crippen LogP contribution is -2.19. The van der Waals surface area contributed by atoms with Crippen LogP contribution in [0.15, 0.2) is 42.7 Å². The molecule has 5 rings (SSSR count). The number of benzene rings is 1. The van der Waals surface area contributed by atoms with Crippen LogP contribution in [-0.2, 0) is 4.74 Å². The van der Waals surface area contributed by atoms with Gasteiger partial charge in [0.25, 0.3) is 0 Å². The van der Waals surface area contributed by atoms with Crippen molar-refractivity contribution in [2.45, 2.75) is 64.8 Å². The molecule has 1 saturated heterocycles. The Labute approximate surface area is 204 Å². The SMILES string of the molecule is CCC(CO)n1ccc(-c2ccnc(-c3nn(C4CCCCO4)c4ccc(OC(C)C)cc34)n2)n1. The fourth-order valence-electron chi connectivity index (χ4n) is 4.46. The summed E-state index contributed by atoms with van der Waals surface area (Å²) in [5.74, 6) is 1.30. The van der Waals surface area contributed by atoms with Crippen molar-refractivity contribution in [2.24, 2.45) is 0 Å². The van der Waals surface area contributed by atoms with E-state index in [0.717, 1.165) is 54.6 Å². The normalized spacial score (nSPS) is 17.2. The fraction of sp³-hybridized carbons (Fsp3) is 0.462. The molecule has 9 heteroatoms. The van der Waals surface area contributed by atoms with Gasteiger partial charge in [-0.15, -0.1) is 0 Å². The third-order valence-corrected chi connectivity index (χ3v) is 6.27. The first-order valence-corrected chi connectivity index (χ1v) is 12.4. The van der Waals surface area contributed by atoms with Gasteiger partial charge in [-0.3, -0.25) is 4.68 Å². The zero-order valence-electron chi connectivity index (χ0n) is 20.5. The second kappa shape index (κ2) is 10.1. The number of rotatable bonds is 8. The van der Waals surface area contributed by atoms with Crippen LogP contribution in [0.5, 0.6) is 5.75 Å². The van der Waals surface area contributed by atoms with E-state index >= 15 is 0 Å². The van der Waals surface area contributed by atoms with Crippen molar-refractivity contribution in [1.29, 1.82) is 0 Å². The minimum Gasteiger partial charge on any atom is -0.491 e. The van der Waals surface area contributed by atoms with Crippen LogP contribution >= 0.6 is 0 Å². The lowest BCUT2D eigenvalue weighted by atomic mass is 10.1. The number of nitrogens with zero attached hydrogens (tertiary/aromatic N) is 6. The molecule has 1 aliphatic rings. The molecule has 184 valence electrons. The third kappa shape index (κ3) is 4.78. The predicted molar refractivity (Wildman–Crippen MR) is 133 cm³/mol. The van der Waals surface area contributed by atoms with Gasteiger partial charge in [0.2, 0.25) is 0 Å². The molecule has 4 aromatic rings. The maximum Gasteiger partial charge on any atom is 0.181 e. The van der Waals surface area contributed by atoms with E-state index < -0.39 is 0 Å². The Morgan fingerprint density at radius 2 is 2.03 bits per heavy atom. The molecule has 0 amide bonds. The van der Waals surface area contributed by atoms with E-state index in [9.17, 15) is 5.11 Å². The summed E-state index contributed by atoms with van der Waals surface area (Å²) in [6, 6.07) is 9.71. The molecule has 0 bridgehead atoms. The van der Waals surface area contributed by atoms with Gasteiger partial charge in [-0.05, 0) is 69.9 Å². The lowest BCUT2D eigenvalue weighted by molar-refractivity contribution is -0.0365. The molecule has 0 aliphatic carbocycles. The average molecular weight is 477 g/mol. The van der Waals surface area contributed by atoms with Crippen LogP contribution in [0.3, 0.4) is 0 Å². The van der Waals surface area contributed by atoms with Gasteiger partial charge in [-0.2, -0.15) is 10.2 Å². The average Bonchev–Trinajstić information content (AvgIpc) is 3.51. The Morgan fingerprint density at radius 3 is 2.77 bits per heavy atom. The molecule has 0 radical (unpaired) electrons. The summed E-state index contributed by atoms with van der Waals surface area (Å²) in [7, 11) is 0. The van der Waals surface area contributed by atoms with Gasteiger partial charge in [-0.1, -0.05) is 6.92 Å². The van der Waals surface area contributed by atoms with Crippen molar-refractivity contribution in [3.05, 3.63) is 42.7 Å². The molecule has 2 unspecified atom stereocenters. The van der Waals surface area contributed by atoms with Crippen molar-refractivity contribution in [2.75, 3.05) is 13.2 Å². The maximum atomic E-state index is 9.62. The second-order valence-corrected chi connectivity index (χ2v) is 9.15. The van der Waals surface area contributed by atoms with E-state index in [1.165, 1.54) is 0 Å². The lowest BCUT2D eigenvalue weighted by Gasteiger charge is -2.23. The number of aliphatic hydroxyl groups is 1. The van der Waals surface area contributed by atoms with Crippen LogP contribution in [0.1, 0.15) is 58.7 Å². The van der Waals surface area contributed by atoms with Crippen LogP contribution in [0.2, 0.25) is 0 Å². The van der Waals surface area contributed by atoms with Crippen molar-refractivity contribution < 1.29 is 14.6 Å². The maximum absolute atomic E-state index is 9.62. The first kappa shape index (κ1) is 23.4. The largest absolute Gasteiger partial charge is 0.491 e. The van der Waals surface area contributed by atoms with Crippen LogP contribution < -0.4 is 4.74 Å². The van der Waals surface area contributed by atoms with Crippen molar-refractivity contribution >= 4 is 10.9 Å². The topological polar surface area (TPSA) is 100 Å². The van der Waals surface area contributed by atoms with Crippen LogP contribution in [0, 0.1) is 0 Å². The van der Waals surface area contributed by atoms with Gasteiger partial charge < -0.3 is 14.6 Å². The summed E-state index contributed by atoms with van der Waals surface area (Å²) in [5, 5.41) is 20.1. The van der Waals surface area contributed by atoms with Crippen LogP contribution in [0.25, 0.3) is 33.8 Å². The van der Waals surface area contributed by atoms with E-state index in [-0.39, 0.29) is 25.0 Å². The van der Waals surface area contributed by atoms with Crippen molar-refractivity contribution in [3.63, 3.8) is 0 Å². The molecule has 1 aliphatic heterocycles. The van der Waals surface area contributed by atoms with E-state index in [2.05, 4.69) is 10.1 Å². The van der Waals surface area contributed by atoms with Gasteiger partial charge in [-0.25, -0.2) is 14.6 Å². The fourth-order valence-corrected chi connectivity index (χ4v) is 4.46. The highest BCUT2D eigenvalue weighted by molar-refractivity contribution is 5.93. The highest BCUT2D eigenvalue weighted by Crippen LogP contribution is 2.34. The summed E-state index contributed by atoms with van der Waals surface area (Å²) in [6.45, 7) is 6.82. The summed E-state index contributed by atoms with van der Waals surface area (Å²) in [6.07, 6.45) is 7.45. The molecule has 4 heterocycles. The number of fused-ring (bicyclic) bond motifs is 1. The van der Waals surface area contributed by atoms with Gasteiger partial charge in [0, 0.05) is 24.4 Å². The Bertz CT molecular complexity index is 1290. The van der Waals surface area contributed by atoms with E-state index in [1.54, 1.807) is 10.9 Å². The summed E-state index contributed by atoms with van der Waals surface area (Å²) in [4.78, 5) is 9.40. The number of aliphatic hydroxyl groups excluding tert-OH is 1. The molecule has 0 spiro atoms. The number of hydrogen-bond acceptors (Lipinski definition) is 7. The zero-order chi connectivity index (χ0) is 24.4. The smallest absolute Gasteiger partial charge is 0.181 e. The van der Waals surface area contributed by atoms with Crippen molar-refractivity contribution in [3.8, 4) is 28.7 Å². The Hall–Kier alpha value is -3.30. The van der Waals surface area contributed by atoms with Crippen LogP contribution in [0.4, 0.5) is 0 Å². The van der Waals surface area contributed by atoms with E-state index in [0.29, 0.717) is 17.2 Å². The van der Waals surface area contributed by atoms with Crippen molar-refractivity contribution in [1.82, 2.24) is 29.5 Å². The van der Waals surface area contributed by atoms with E-state index in [1.807, 2.05) is 62.0 Å². The van der Waals surface area contributed by atoms with Gasteiger partial charge in [0.05, 0.1) is 30.0 Å². The molecule has 9 nitrogen and oxygen atoms in total. The molecular formula is C26H32N6O3.